The molecular formula is C26H31N5O3S. The first-order valence-corrected chi connectivity index (χ1v) is 13.7. The smallest absolute Gasteiger partial charge is 0.150 e. The molecule has 4 aromatic rings. The lowest BCUT2D eigenvalue weighted by Gasteiger charge is -2.31. The van der Waals surface area contributed by atoms with E-state index in [1.807, 2.05) is 43.7 Å². The standard InChI is InChI=1S/C26H31N5O3S/c1-29(21-11-14-35(32,33)15-12-21)13-10-20-17-31(22-16-27-30(2)18-22)26-24(20)8-9-25(28-26)19-4-6-23(34-3)7-5-19/h4-9,16-18,21H,10-15H2,1-3H3. The minimum atomic E-state index is -2.85. The Balaban J connectivity index is 1.44. The van der Waals surface area contributed by atoms with Crippen molar-refractivity contribution < 1.29 is 13.2 Å². The number of methoxy groups -OCH3 is 1. The van der Waals surface area contributed by atoms with Crippen molar-refractivity contribution in [3.63, 3.8) is 0 Å². The Morgan fingerprint density at radius 3 is 2.49 bits per heavy atom. The second-order valence-corrected chi connectivity index (χ2v) is 11.6. The molecule has 0 amide bonds. The molecule has 1 fully saturated rings. The number of aromatic nitrogens is 4. The number of pyridine rings is 1. The van der Waals surface area contributed by atoms with Gasteiger partial charge in [0.1, 0.15) is 21.2 Å². The maximum absolute atomic E-state index is 11.8. The summed E-state index contributed by atoms with van der Waals surface area (Å²) in [6.07, 6.45) is 8.27. The van der Waals surface area contributed by atoms with Crippen molar-refractivity contribution in [3.05, 3.63) is 60.6 Å². The van der Waals surface area contributed by atoms with Crippen LogP contribution in [-0.4, -0.2) is 70.9 Å². The SMILES string of the molecule is COc1ccc(-c2ccc3c(CCN(C)C4CCS(=O)(=O)CC4)cn(-c4cnn(C)c4)c3n2)cc1. The van der Waals surface area contributed by atoms with Crippen LogP contribution in [0.25, 0.3) is 28.0 Å². The molecule has 1 saturated heterocycles. The maximum atomic E-state index is 11.8. The zero-order chi connectivity index (χ0) is 24.6. The van der Waals surface area contributed by atoms with Crippen molar-refractivity contribution in [2.45, 2.75) is 25.3 Å². The Kier molecular flexibility index (Phi) is 6.37. The average molecular weight is 494 g/mol. The fourth-order valence-corrected chi connectivity index (χ4v) is 6.28. The first-order valence-electron chi connectivity index (χ1n) is 11.9. The summed E-state index contributed by atoms with van der Waals surface area (Å²) in [6.45, 7) is 0.858. The highest BCUT2D eigenvalue weighted by Gasteiger charge is 2.26. The third-order valence-electron chi connectivity index (χ3n) is 6.97. The van der Waals surface area contributed by atoms with Crippen molar-refractivity contribution in [2.24, 2.45) is 7.05 Å². The van der Waals surface area contributed by atoms with Crippen LogP contribution in [0.5, 0.6) is 5.75 Å². The molecule has 9 heteroatoms. The number of likely N-dealkylation sites (N-methyl/N-ethyl adjacent to an activating group) is 1. The van der Waals surface area contributed by atoms with Gasteiger partial charge in [-0.15, -0.1) is 0 Å². The third-order valence-corrected chi connectivity index (χ3v) is 8.69. The summed E-state index contributed by atoms with van der Waals surface area (Å²) in [5.74, 6) is 1.40. The number of ether oxygens (including phenoxy) is 1. The van der Waals surface area contributed by atoms with E-state index in [0.29, 0.717) is 30.4 Å². The number of fused-ring (bicyclic) bond motifs is 1. The summed E-state index contributed by atoms with van der Waals surface area (Å²) >= 11 is 0. The Morgan fingerprint density at radius 1 is 1.09 bits per heavy atom. The van der Waals surface area contributed by atoms with E-state index in [0.717, 1.165) is 46.7 Å². The van der Waals surface area contributed by atoms with Crippen molar-refractivity contribution in [2.75, 3.05) is 32.2 Å². The Bertz CT molecular complexity index is 1430. The van der Waals surface area contributed by atoms with E-state index >= 15 is 0 Å². The van der Waals surface area contributed by atoms with Gasteiger partial charge in [0.15, 0.2) is 0 Å². The quantitative estimate of drug-likeness (QED) is 0.392. The number of hydrogen-bond acceptors (Lipinski definition) is 6. The largest absolute Gasteiger partial charge is 0.497 e. The van der Waals surface area contributed by atoms with E-state index < -0.39 is 9.84 Å². The van der Waals surface area contributed by atoms with Gasteiger partial charge in [0.2, 0.25) is 0 Å². The van der Waals surface area contributed by atoms with Gasteiger partial charge in [0.05, 0.1) is 36.2 Å². The highest BCUT2D eigenvalue weighted by molar-refractivity contribution is 7.91. The molecule has 0 bridgehead atoms. The first kappa shape index (κ1) is 23.6. The molecule has 1 aliphatic heterocycles. The molecule has 8 nitrogen and oxygen atoms in total. The molecule has 0 aliphatic carbocycles. The second kappa shape index (κ2) is 9.47. The molecule has 35 heavy (non-hydrogen) atoms. The molecule has 3 aromatic heterocycles. The maximum Gasteiger partial charge on any atom is 0.150 e. The molecule has 0 N–H and O–H groups in total. The fraction of sp³-hybridized carbons (Fsp3) is 0.385. The summed E-state index contributed by atoms with van der Waals surface area (Å²) in [4.78, 5) is 7.35. The molecule has 0 spiro atoms. The van der Waals surface area contributed by atoms with Gasteiger partial charge in [-0.25, -0.2) is 13.4 Å². The zero-order valence-electron chi connectivity index (χ0n) is 20.4. The number of nitrogens with zero attached hydrogens (tertiary/aromatic N) is 5. The van der Waals surface area contributed by atoms with Crippen LogP contribution in [0.3, 0.4) is 0 Å². The van der Waals surface area contributed by atoms with Crippen LogP contribution in [0, 0.1) is 0 Å². The van der Waals surface area contributed by atoms with Gasteiger partial charge in [-0.05, 0) is 68.3 Å². The van der Waals surface area contributed by atoms with Crippen LogP contribution in [0.1, 0.15) is 18.4 Å². The van der Waals surface area contributed by atoms with Crippen molar-refractivity contribution in [1.29, 1.82) is 0 Å². The molecule has 1 aromatic carbocycles. The summed E-state index contributed by atoms with van der Waals surface area (Å²) in [5, 5.41) is 5.47. The average Bonchev–Trinajstić information content (AvgIpc) is 3.45. The Hall–Kier alpha value is -3.17. The van der Waals surface area contributed by atoms with Gasteiger partial charge in [-0.1, -0.05) is 0 Å². The summed E-state index contributed by atoms with van der Waals surface area (Å²) in [5.41, 5.74) is 5.00. The van der Waals surface area contributed by atoms with Gasteiger partial charge in [-0.2, -0.15) is 5.10 Å². The van der Waals surface area contributed by atoms with Crippen LogP contribution in [0.4, 0.5) is 0 Å². The van der Waals surface area contributed by atoms with E-state index in [-0.39, 0.29) is 0 Å². The van der Waals surface area contributed by atoms with Crippen LogP contribution >= 0.6 is 0 Å². The van der Waals surface area contributed by atoms with Gasteiger partial charge in [0, 0.05) is 43.0 Å². The number of sulfone groups is 1. The highest BCUT2D eigenvalue weighted by atomic mass is 32.2. The van der Waals surface area contributed by atoms with E-state index in [1.165, 1.54) is 5.56 Å². The van der Waals surface area contributed by atoms with E-state index in [1.54, 1.807) is 11.8 Å². The number of aryl methyl sites for hydroxylation is 1. The lowest BCUT2D eigenvalue weighted by atomic mass is 10.1. The van der Waals surface area contributed by atoms with Crippen LogP contribution in [0.2, 0.25) is 0 Å². The van der Waals surface area contributed by atoms with E-state index in [2.05, 4.69) is 39.9 Å². The Morgan fingerprint density at radius 2 is 1.83 bits per heavy atom. The van der Waals surface area contributed by atoms with Crippen molar-refractivity contribution in [1.82, 2.24) is 24.2 Å². The molecule has 0 radical (unpaired) electrons. The van der Waals surface area contributed by atoms with E-state index in [9.17, 15) is 8.42 Å². The number of benzene rings is 1. The number of hydrogen-bond donors (Lipinski definition) is 0. The van der Waals surface area contributed by atoms with Crippen molar-refractivity contribution in [3.8, 4) is 22.7 Å². The predicted molar refractivity (Wildman–Crippen MR) is 138 cm³/mol. The molecule has 0 unspecified atom stereocenters. The minimum absolute atomic E-state index is 0.292. The molecular weight excluding hydrogens is 462 g/mol. The third kappa shape index (κ3) is 4.97. The van der Waals surface area contributed by atoms with Crippen LogP contribution in [-0.2, 0) is 23.3 Å². The molecule has 0 saturated carbocycles. The molecule has 0 atom stereocenters. The summed E-state index contributed by atoms with van der Waals surface area (Å²) < 4.78 is 32.8. The lowest BCUT2D eigenvalue weighted by Crippen LogP contribution is -2.39. The molecule has 4 heterocycles. The number of rotatable bonds is 7. The monoisotopic (exact) mass is 493 g/mol. The summed E-state index contributed by atoms with van der Waals surface area (Å²) in [7, 11) is 2.82. The van der Waals surface area contributed by atoms with E-state index in [4.69, 9.17) is 9.72 Å². The van der Waals surface area contributed by atoms with Gasteiger partial charge < -0.3 is 9.64 Å². The Labute approximate surface area is 206 Å². The van der Waals surface area contributed by atoms with Crippen LogP contribution in [0.15, 0.2) is 55.0 Å². The molecule has 184 valence electrons. The normalized spacial score (nSPS) is 16.2. The molecule has 1 aliphatic rings. The van der Waals surface area contributed by atoms with Gasteiger partial charge >= 0.3 is 0 Å². The molecule has 5 rings (SSSR count). The zero-order valence-corrected chi connectivity index (χ0v) is 21.2. The fourth-order valence-electron chi connectivity index (χ4n) is 4.82. The summed E-state index contributed by atoms with van der Waals surface area (Å²) in [6, 6.07) is 12.5. The van der Waals surface area contributed by atoms with Gasteiger partial charge in [-0.3, -0.25) is 9.25 Å². The van der Waals surface area contributed by atoms with Gasteiger partial charge in [0.25, 0.3) is 0 Å². The minimum Gasteiger partial charge on any atom is -0.497 e. The predicted octanol–water partition coefficient (Wildman–Crippen LogP) is 3.49. The van der Waals surface area contributed by atoms with Crippen LogP contribution < -0.4 is 4.74 Å². The second-order valence-electron chi connectivity index (χ2n) is 9.31. The highest BCUT2D eigenvalue weighted by Crippen LogP contribution is 2.29. The lowest BCUT2D eigenvalue weighted by molar-refractivity contribution is 0.229. The topological polar surface area (TPSA) is 82.3 Å². The van der Waals surface area contributed by atoms with Crippen molar-refractivity contribution >= 4 is 20.9 Å². The first-order chi connectivity index (χ1) is 16.8.